The van der Waals surface area contributed by atoms with Crippen molar-refractivity contribution in [2.24, 2.45) is 0 Å². The van der Waals surface area contributed by atoms with Crippen LogP contribution in [0.1, 0.15) is 21.7 Å². The summed E-state index contributed by atoms with van der Waals surface area (Å²) in [6.45, 7) is 0. The third kappa shape index (κ3) is 5.35. The van der Waals surface area contributed by atoms with Gasteiger partial charge in [0.15, 0.2) is 0 Å². The first kappa shape index (κ1) is 19.9. The highest BCUT2D eigenvalue weighted by Gasteiger charge is 2.30. The van der Waals surface area contributed by atoms with E-state index < -0.39 is 23.6 Å². The van der Waals surface area contributed by atoms with Crippen molar-refractivity contribution >= 4 is 17.9 Å². The van der Waals surface area contributed by atoms with E-state index in [1.165, 1.54) is 30.3 Å². The second-order valence-electron chi connectivity index (χ2n) is 5.92. The summed E-state index contributed by atoms with van der Waals surface area (Å²) in [7, 11) is 0. The van der Waals surface area contributed by atoms with Gasteiger partial charge in [0.2, 0.25) is 0 Å². The molecule has 2 amide bonds. The highest BCUT2D eigenvalue weighted by atomic mass is 19.4. The molecule has 0 aliphatic rings. The summed E-state index contributed by atoms with van der Waals surface area (Å²) in [6, 6.07) is 16.1. The molecule has 5 nitrogen and oxygen atoms in total. The van der Waals surface area contributed by atoms with Crippen molar-refractivity contribution in [1.82, 2.24) is 10.9 Å². The molecule has 0 aliphatic heterocycles. The Balaban J connectivity index is 1.60. The van der Waals surface area contributed by atoms with Crippen LogP contribution in [0.5, 0.6) is 0 Å². The Morgan fingerprint density at radius 2 is 1.66 bits per heavy atom. The van der Waals surface area contributed by atoms with Crippen molar-refractivity contribution in [3.05, 3.63) is 89.7 Å². The van der Waals surface area contributed by atoms with Gasteiger partial charge in [-0.15, -0.1) is 0 Å². The second-order valence-corrected chi connectivity index (χ2v) is 5.92. The van der Waals surface area contributed by atoms with Crippen LogP contribution < -0.4 is 10.9 Å². The minimum atomic E-state index is -4.45. The molecule has 0 fully saturated rings. The topological polar surface area (TPSA) is 71.3 Å². The Hall–Kier alpha value is -3.81. The van der Waals surface area contributed by atoms with Crippen LogP contribution in [0.25, 0.3) is 17.4 Å². The number of hydrazine groups is 1. The third-order valence-electron chi connectivity index (χ3n) is 3.84. The number of rotatable bonds is 4. The van der Waals surface area contributed by atoms with E-state index in [4.69, 9.17) is 4.42 Å². The van der Waals surface area contributed by atoms with Gasteiger partial charge >= 0.3 is 6.18 Å². The van der Waals surface area contributed by atoms with Crippen molar-refractivity contribution in [3.63, 3.8) is 0 Å². The maximum absolute atomic E-state index is 12.8. The maximum Gasteiger partial charge on any atom is 0.416 e. The van der Waals surface area contributed by atoms with Crippen LogP contribution >= 0.6 is 0 Å². The van der Waals surface area contributed by atoms with Gasteiger partial charge in [-0.2, -0.15) is 13.2 Å². The Morgan fingerprint density at radius 1 is 0.897 bits per heavy atom. The zero-order valence-corrected chi connectivity index (χ0v) is 14.9. The first-order valence-electron chi connectivity index (χ1n) is 8.44. The molecular formula is C21H15F3N2O3. The summed E-state index contributed by atoms with van der Waals surface area (Å²) in [6.07, 6.45) is -1.99. The predicted octanol–water partition coefficient (Wildman–Crippen LogP) is 4.44. The van der Waals surface area contributed by atoms with E-state index in [0.29, 0.717) is 5.56 Å². The minimum Gasteiger partial charge on any atom is -0.457 e. The van der Waals surface area contributed by atoms with Crippen LogP contribution in [0, 0.1) is 0 Å². The fraction of sp³-hybridized carbons (Fsp3) is 0.0476. The molecule has 0 bridgehead atoms. The summed E-state index contributed by atoms with van der Waals surface area (Å²) in [5.41, 5.74) is 4.35. The lowest BCUT2D eigenvalue weighted by Crippen LogP contribution is -2.40. The van der Waals surface area contributed by atoms with E-state index in [1.54, 1.807) is 30.3 Å². The number of benzene rings is 2. The van der Waals surface area contributed by atoms with Crippen molar-refractivity contribution in [2.75, 3.05) is 0 Å². The van der Waals surface area contributed by atoms with Crippen LogP contribution in [0.2, 0.25) is 0 Å². The lowest BCUT2D eigenvalue weighted by Gasteiger charge is -2.07. The van der Waals surface area contributed by atoms with Crippen molar-refractivity contribution in [3.8, 4) is 11.3 Å². The van der Waals surface area contributed by atoms with E-state index >= 15 is 0 Å². The number of alkyl halides is 3. The average Bonchev–Trinajstić information content (AvgIpc) is 3.20. The minimum absolute atomic E-state index is 0.230. The highest BCUT2D eigenvalue weighted by Crippen LogP contribution is 2.32. The van der Waals surface area contributed by atoms with E-state index in [1.807, 2.05) is 0 Å². The summed E-state index contributed by atoms with van der Waals surface area (Å²) in [4.78, 5) is 23.6. The molecule has 0 saturated carbocycles. The van der Waals surface area contributed by atoms with E-state index in [0.717, 1.165) is 18.2 Å². The lowest BCUT2D eigenvalue weighted by molar-refractivity contribution is -0.137. The number of halogens is 3. The van der Waals surface area contributed by atoms with E-state index in [-0.39, 0.29) is 17.1 Å². The molecule has 0 radical (unpaired) electrons. The highest BCUT2D eigenvalue weighted by molar-refractivity contribution is 5.97. The Kier molecular flexibility index (Phi) is 5.82. The van der Waals surface area contributed by atoms with Gasteiger partial charge < -0.3 is 4.42 Å². The molecule has 0 unspecified atom stereocenters. The number of nitrogens with one attached hydrogen (secondary N) is 2. The standard InChI is InChI=1S/C21H15F3N2O3/c22-21(23,24)16-8-4-7-15(13-16)18-11-9-17(29-18)10-12-19(27)25-26-20(28)14-5-2-1-3-6-14/h1-13H,(H,25,27)(H,26,28)/b12-10+. The van der Waals surface area contributed by atoms with Gasteiger partial charge in [-0.05, 0) is 42.5 Å². The molecular weight excluding hydrogens is 385 g/mol. The average molecular weight is 400 g/mol. The fourth-order valence-corrected chi connectivity index (χ4v) is 2.43. The number of hydrogen-bond donors (Lipinski definition) is 2. The van der Waals surface area contributed by atoms with Crippen molar-refractivity contribution in [1.29, 1.82) is 0 Å². The molecule has 8 heteroatoms. The van der Waals surface area contributed by atoms with Crippen LogP contribution in [0.3, 0.4) is 0 Å². The Labute approximate surface area is 163 Å². The van der Waals surface area contributed by atoms with Gasteiger partial charge in [0.1, 0.15) is 11.5 Å². The molecule has 29 heavy (non-hydrogen) atoms. The largest absolute Gasteiger partial charge is 0.457 e. The van der Waals surface area contributed by atoms with Gasteiger partial charge in [-0.25, -0.2) is 0 Å². The first-order chi connectivity index (χ1) is 13.8. The molecule has 0 saturated heterocycles. The normalized spacial score (nSPS) is 11.4. The van der Waals surface area contributed by atoms with Crippen molar-refractivity contribution in [2.45, 2.75) is 6.18 Å². The molecule has 148 valence electrons. The molecule has 2 aromatic carbocycles. The third-order valence-corrected chi connectivity index (χ3v) is 3.84. The molecule has 3 rings (SSSR count). The van der Waals surface area contributed by atoms with Gasteiger partial charge in [-0.3, -0.25) is 20.4 Å². The van der Waals surface area contributed by atoms with Gasteiger partial charge in [-0.1, -0.05) is 30.3 Å². The lowest BCUT2D eigenvalue weighted by atomic mass is 10.1. The summed E-state index contributed by atoms with van der Waals surface area (Å²) >= 11 is 0. The summed E-state index contributed by atoms with van der Waals surface area (Å²) in [5, 5.41) is 0. The summed E-state index contributed by atoms with van der Waals surface area (Å²) < 4.78 is 43.9. The molecule has 3 aromatic rings. The molecule has 1 heterocycles. The Morgan fingerprint density at radius 3 is 2.38 bits per heavy atom. The van der Waals surface area contributed by atoms with Crippen LogP contribution in [0.15, 0.2) is 77.2 Å². The maximum atomic E-state index is 12.8. The zero-order valence-electron chi connectivity index (χ0n) is 14.9. The van der Waals surface area contributed by atoms with Crippen molar-refractivity contribution < 1.29 is 27.2 Å². The Bertz CT molecular complexity index is 1040. The fourth-order valence-electron chi connectivity index (χ4n) is 2.43. The smallest absolute Gasteiger partial charge is 0.416 e. The molecule has 0 spiro atoms. The molecule has 0 atom stereocenters. The number of carbonyl (C=O) groups excluding carboxylic acids is 2. The predicted molar refractivity (Wildman–Crippen MR) is 100 cm³/mol. The van der Waals surface area contributed by atoms with E-state index in [9.17, 15) is 22.8 Å². The molecule has 2 N–H and O–H groups in total. The zero-order chi connectivity index (χ0) is 20.9. The summed E-state index contributed by atoms with van der Waals surface area (Å²) in [5.74, 6) is -0.584. The molecule has 1 aromatic heterocycles. The van der Waals surface area contributed by atoms with Gasteiger partial charge in [0, 0.05) is 17.2 Å². The number of amides is 2. The number of carbonyl (C=O) groups is 2. The van der Waals surface area contributed by atoms with E-state index in [2.05, 4.69) is 10.9 Å². The number of furan rings is 1. The second kappa shape index (κ2) is 8.47. The number of hydrogen-bond acceptors (Lipinski definition) is 3. The quantitative estimate of drug-likeness (QED) is 0.502. The van der Waals surface area contributed by atoms with Crippen LogP contribution in [-0.2, 0) is 11.0 Å². The first-order valence-corrected chi connectivity index (χ1v) is 8.44. The van der Waals surface area contributed by atoms with Gasteiger partial charge in [0.25, 0.3) is 11.8 Å². The SMILES string of the molecule is O=C(/C=C/c1ccc(-c2cccc(C(F)(F)F)c2)o1)NNC(=O)c1ccccc1. The van der Waals surface area contributed by atoms with Crippen LogP contribution in [0.4, 0.5) is 13.2 Å². The molecule has 0 aliphatic carbocycles. The monoisotopic (exact) mass is 400 g/mol. The van der Waals surface area contributed by atoms with Crippen LogP contribution in [-0.4, -0.2) is 11.8 Å². The van der Waals surface area contributed by atoms with Gasteiger partial charge in [0.05, 0.1) is 5.56 Å².